The maximum atomic E-state index is 13.1. The molecule has 4 fully saturated rings. The summed E-state index contributed by atoms with van der Waals surface area (Å²) < 4.78 is 0. The number of fused-ring (bicyclic) bond motifs is 2. The molecule has 4 aliphatic rings. The molecule has 30 heavy (non-hydrogen) atoms. The summed E-state index contributed by atoms with van der Waals surface area (Å²) in [5, 5.41) is 3.54. The second-order valence-electron chi connectivity index (χ2n) is 8.96. The van der Waals surface area contributed by atoms with Crippen LogP contribution in [0, 0.1) is 5.92 Å². The standard InChI is InChI=1S/C22H28N4O3.ClH/c1-24-20(28)22(26(21(24)29)14-15-5-3-2-4-6-15)9-11-25(12-10-22)19(27)17-13-16-7-8-18(17)23-16;/h2-6,16-18,23H,7-14H2,1H3;1H/t16-,17+,18+;/m1./s1. The predicted molar refractivity (Wildman–Crippen MR) is 114 cm³/mol. The Kier molecular flexibility index (Phi) is 5.53. The normalized spacial score (nSPS) is 29.6. The molecule has 0 aliphatic carbocycles. The summed E-state index contributed by atoms with van der Waals surface area (Å²) in [5.41, 5.74) is 0.181. The minimum absolute atomic E-state index is 0. The third-order valence-electron chi connectivity index (χ3n) is 7.44. The molecule has 5 rings (SSSR count). The van der Waals surface area contributed by atoms with E-state index < -0.39 is 5.54 Å². The van der Waals surface area contributed by atoms with E-state index in [1.54, 1.807) is 11.9 Å². The van der Waals surface area contributed by atoms with Crippen molar-refractivity contribution in [2.24, 2.45) is 5.92 Å². The number of carbonyl (C=O) groups excluding carboxylic acids is 3. The second kappa shape index (κ2) is 7.85. The van der Waals surface area contributed by atoms with Gasteiger partial charge in [0.25, 0.3) is 5.91 Å². The zero-order valence-corrected chi connectivity index (χ0v) is 18.1. The highest BCUT2D eigenvalue weighted by Crippen LogP contribution is 2.40. The highest BCUT2D eigenvalue weighted by atomic mass is 35.5. The maximum Gasteiger partial charge on any atom is 0.327 e. The monoisotopic (exact) mass is 432 g/mol. The number of hydrogen-bond acceptors (Lipinski definition) is 4. The number of hydrogen-bond donors (Lipinski definition) is 1. The van der Waals surface area contributed by atoms with Gasteiger partial charge < -0.3 is 15.1 Å². The molecule has 0 radical (unpaired) electrons. The number of urea groups is 1. The summed E-state index contributed by atoms with van der Waals surface area (Å²) in [4.78, 5) is 43.9. The number of rotatable bonds is 3. The highest BCUT2D eigenvalue weighted by molar-refractivity contribution is 6.06. The number of piperidine rings is 1. The first kappa shape index (κ1) is 21.1. The quantitative estimate of drug-likeness (QED) is 0.741. The van der Waals surface area contributed by atoms with Gasteiger partial charge in [-0.25, -0.2) is 4.79 Å². The zero-order chi connectivity index (χ0) is 20.2. The van der Waals surface area contributed by atoms with Crippen molar-refractivity contribution < 1.29 is 14.4 Å². The van der Waals surface area contributed by atoms with E-state index in [9.17, 15) is 14.4 Å². The number of imide groups is 1. The molecular weight excluding hydrogens is 404 g/mol. The van der Waals surface area contributed by atoms with Crippen LogP contribution in [0.3, 0.4) is 0 Å². The summed E-state index contributed by atoms with van der Waals surface area (Å²) in [6.45, 7) is 1.48. The zero-order valence-electron chi connectivity index (χ0n) is 17.3. The topological polar surface area (TPSA) is 73.0 Å². The maximum absolute atomic E-state index is 13.1. The molecule has 1 N–H and O–H groups in total. The van der Waals surface area contributed by atoms with Crippen LogP contribution in [0.15, 0.2) is 30.3 Å². The third-order valence-corrected chi connectivity index (χ3v) is 7.44. The van der Waals surface area contributed by atoms with Crippen LogP contribution < -0.4 is 5.32 Å². The van der Waals surface area contributed by atoms with Crippen molar-refractivity contribution in [1.29, 1.82) is 0 Å². The number of nitrogens with one attached hydrogen (secondary N) is 1. The van der Waals surface area contributed by atoms with Crippen LogP contribution in [0.1, 0.15) is 37.7 Å². The molecule has 2 bridgehead atoms. The van der Waals surface area contributed by atoms with Crippen molar-refractivity contribution in [3.05, 3.63) is 35.9 Å². The highest BCUT2D eigenvalue weighted by Gasteiger charge is 2.57. The summed E-state index contributed by atoms with van der Waals surface area (Å²) in [6.07, 6.45) is 4.21. The van der Waals surface area contributed by atoms with Crippen molar-refractivity contribution in [1.82, 2.24) is 20.0 Å². The smallest absolute Gasteiger partial charge is 0.327 e. The molecular formula is C22H29ClN4O3. The molecule has 8 heteroatoms. The van der Waals surface area contributed by atoms with Gasteiger partial charge in [-0.15, -0.1) is 12.4 Å². The lowest BCUT2D eigenvalue weighted by Crippen LogP contribution is -2.58. The largest absolute Gasteiger partial charge is 0.342 e. The fourth-order valence-corrected chi connectivity index (χ4v) is 5.78. The van der Waals surface area contributed by atoms with E-state index >= 15 is 0 Å². The lowest BCUT2D eigenvalue weighted by Gasteiger charge is -2.43. The van der Waals surface area contributed by atoms with Crippen LogP contribution in [-0.4, -0.2) is 70.3 Å². The Labute approximate surface area is 183 Å². The lowest BCUT2D eigenvalue weighted by atomic mass is 9.83. The first-order valence-corrected chi connectivity index (χ1v) is 10.7. The van der Waals surface area contributed by atoms with E-state index in [0.29, 0.717) is 44.6 Å². The molecule has 1 spiro atoms. The van der Waals surface area contributed by atoms with Crippen molar-refractivity contribution in [2.75, 3.05) is 20.1 Å². The molecule has 7 nitrogen and oxygen atoms in total. The minimum atomic E-state index is -0.828. The van der Waals surface area contributed by atoms with Crippen molar-refractivity contribution in [3.8, 4) is 0 Å². The van der Waals surface area contributed by atoms with Gasteiger partial charge in [0.1, 0.15) is 5.54 Å². The SMILES string of the molecule is CN1C(=O)N(Cc2ccccc2)C2(CCN(C(=O)[C@H]3C[C@H]4CC[C@@H]3N4)CC2)C1=O.Cl. The molecule has 0 saturated carbocycles. The first-order chi connectivity index (χ1) is 14.0. The lowest BCUT2D eigenvalue weighted by molar-refractivity contribution is -0.143. The van der Waals surface area contributed by atoms with E-state index in [4.69, 9.17) is 0 Å². The molecule has 1 aromatic carbocycles. The van der Waals surface area contributed by atoms with Crippen molar-refractivity contribution >= 4 is 30.3 Å². The average Bonchev–Trinajstić information content (AvgIpc) is 3.43. The van der Waals surface area contributed by atoms with E-state index in [2.05, 4.69) is 5.32 Å². The second-order valence-corrected chi connectivity index (χ2v) is 8.96. The predicted octanol–water partition coefficient (Wildman–Crippen LogP) is 2.00. The van der Waals surface area contributed by atoms with E-state index in [1.165, 1.54) is 11.3 Å². The van der Waals surface area contributed by atoms with Crippen molar-refractivity contribution in [2.45, 2.75) is 56.3 Å². The molecule has 0 aromatic heterocycles. The molecule has 162 valence electrons. The van der Waals surface area contributed by atoms with Crippen LogP contribution >= 0.6 is 12.4 Å². The Morgan fingerprint density at radius 2 is 1.83 bits per heavy atom. The molecule has 4 amide bonds. The fourth-order valence-electron chi connectivity index (χ4n) is 5.78. The van der Waals surface area contributed by atoms with Gasteiger partial charge >= 0.3 is 6.03 Å². The van der Waals surface area contributed by atoms with Gasteiger partial charge in [0.05, 0.1) is 5.92 Å². The van der Waals surface area contributed by atoms with Crippen LogP contribution in [0.2, 0.25) is 0 Å². The van der Waals surface area contributed by atoms with Gasteiger partial charge in [0, 0.05) is 38.8 Å². The first-order valence-electron chi connectivity index (χ1n) is 10.7. The number of nitrogens with zero attached hydrogens (tertiary/aromatic N) is 3. The number of halogens is 1. The summed E-state index contributed by atoms with van der Waals surface area (Å²) in [5.74, 6) is 0.165. The van der Waals surface area contributed by atoms with Gasteiger partial charge in [-0.3, -0.25) is 14.5 Å². The fraction of sp³-hybridized carbons (Fsp3) is 0.591. The number of carbonyl (C=O) groups is 3. The Hall–Kier alpha value is -2.12. The Morgan fingerprint density at radius 1 is 1.13 bits per heavy atom. The van der Waals surface area contributed by atoms with Gasteiger partial charge in [0.2, 0.25) is 5.91 Å². The number of amides is 4. The Balaban J connectivity index is 0.00000218. The van der Waals surface area contributed by atoms with Gasteiger partial charge in [-0.2, -0.15) is 0 Å². The van der Waals surface area contributed by atoms with Gasteiger partial charge in [-0.1, -0.05) is 30.3 Å². The molecule has 3 atom stereocenters. The minimum Gasteiger partial charge on any atom is -0.342 e. The van der Waals surface area contributed by atoms with E-state index in [0.717, 1.165) is 18.4 Å². The summed E-state index contributed by atoms with van der Waals surface area (Å²) in [6, 6.07) is 10.4. The number of likely N-dealkylation sites (tertiary alicyclic amines) is 1. The van der Waals surface area contributed by atoms with Crippen molar-refractivity contribution in [3.63, 3.8) is 0 Å². The Morgan fingerprint density at radius 3 is 2.43 bits per heavy atom. The van der Waals surface area contributed by atoms with Crippen LogP contribution in [0.25, 0.3) is 0 Å². The molecule has 4 aliphatic heterocycles. The number of likely N-dealkylation sites (N-methyl/N-ethyl adjacent to an activating group) is 1. The van der Waals surface area contributed by atoms with Crippen LogP contribution in [0.5, 0.6) is 0 Å². The Bertz CT molecular complexity index is 840. The van der Waals surface area contributed by atoms with Gasteiger partial charge in [-0.05, 0) is 37.7 Å². The summed E-state index contributed by atoms with van der Waals surface area (Å²) >= 11 is 0. The van der Waals surface area contributed by atoms with Crippen LogP contribution in [0.4, 0.5) is 4.79 Å². The van der Waals surface area contributed by atoms with Gasteiger partial charge in [0.15, 0.2) is 0 Å². The van der Waals surface area contributed by atoms with E-state index in [-0.39, 0.29) is 36.2 Å². The summed E-state index contributed by atoms with van der Waals surface area (Å²) in [7, 11) is 1.57. The molecule has 4 heterocycles. The molecule has 4 saturated heterocycles. The number of benzene rings is 1. The molecule has 1 aromatic rings. The average molecular weight is 433 g/mol. The van der Waals surface area contributed by atoms with E-state index in [1.807, 2.05) is 35.2 Å². The third kappa shape index (κ3) is 3.19. The molecule has 0 unspecified atom stereocenters. The van der Waals surface area contributed by atoms with Crippen LogP contribution in [-0.2, 0) is 16.1 Å².